The van der Waals surface area contributed by atoms with E-state index in [0.29, 0.717) is 16.8 Å². The van der Waals surface area contributed by atoms with E-state index in [1.807, 2.05) is 0 Å². The minimum Gasteiger partial charge on any atom is -0.210 e. The predicted molar refractivity (Wildman–Crippen MR) is 73.7 cm³/mol. The molecule has 0 spiro atoms. The summed E-state index contributed by atoms with van der Waals surface area (Å²) in [4.78, 5) is 0. The van der Waals surface area contributed by atoms with E-state index < -0.39 is 10.0 Å². The second-order valence-corrected chi connectivity index (χ2v) is 7.65. The summed E-state index contributed by atoms with van der Waals surface area (Å²) < 4.78 is 26.8. The fourth-order valence-electron chi connectivity index (χ4n) is 1.29. The monoisotopic (exact) mass is 315 g/mol. The third kappa shape index (κ3) is 5.57. The second-order valence-electron chi connectivity index (χ2n) is 3.56. The van der Waals surface area contributed by atoms with Gasteiger partial charge in [-0.3, -0.25) is 0 Å². The number of hydrogen-bond donors (Lipinski definition) is 1. The highest BCUT2D eigenvalue weighted by Gasteiger charge is 2.15. The summed E-state index contributed by atoms with van der Waals surface area (Å²) in [5.41, 5.74) is 0. The number of alkyl halides is 1. The third-order valence-corrected chi connectivity index (χ3v) is 5.62. The van der Waals surface area contributed by atoms with Crippen LogP contribution in [0.3, 0.4) is 0 Å². The van der Waals surface area contributed by atoms with Crippen LogP contribution in [0.1, 0.15) is 25.7 Å². The third-order valence-electron chi connectivity index (χ3n) is 2.17. The van der Waals surface area contributed by atoms with E-state index in [1.165, 1.54) is 6.07 Å². The maximum absolute atomic E-state index is 11.8. The van der Waals surface area contributed by atoms with Gasteiger partial charge in [0.25, 0.3) is 0 Å². The lowest BCUT2D eigenvalue weighted by Crippen LogP contribution is -2.23. The first-order valence-electron chi connectivity index (χ1n) is 5.37. The van der Waals surface area contributed by atoms with Gasteiger partial charge in [-0.15, -0.1) is 22.9 Å². The number of rotatable bonds is 8. The largest absolute Gasteiger partial charge is 0.250 e. The summed E-state index contributed by atoms with van der Waals surface area (Å²) in [6.45, 7) is 0.458. The Labute approximate surface area is 116 Å². The van der Waals surface area contributed by atoms with Gasteiger partial charge in [0.1, 0.15) is 4.21 Å². The zero-order valence-corrected chi connectivity index (χ0v) is 12.4. The molecule has 0 radical (unpaired) electrons. The maximum Gasteiger partial charge on any atom is 0.250 e. The molecule has 0 aromatic carbocycles. The lowest BCUT2D eigenvalue weighted by atomic mass is 10.2. The topological polar surface area (TPSA) is 46.2 Å². The average molecular weight is 316 g/mol. The summed E-state index contributed by atoms with van der Waals surface area (Å²) in [6, 6.07) is 3.10. The molecule has 1 heterocycles. The van der Waals surface area contributed by atoms with Crippen LogP contribution in [0.15, 0.2) is 16.3 Å². The van der Waals surface area contributed by atoms with Gasteiger partial charge in [0, 0.05) is 12.4 Å². The molecule has 0 atom stereocenters. The van der Waals surface area contributed by atoms with Crippen LogP contribution < -0.4 is 4.72 Å². The lowest BCUT2D eigenvalue weighted by molar-refractivity contribution is 0.576. The minimum absolute atomic E-state index is 0.267. The molecule has 3 nitrogen and oxygen atoms in total. The molecule has 98 valence electrons. The molecule has 0 aliphatic carbocycles. The number of halogens is 2. The molecule has 0 unspecified atom stereocenters. The zero-order chi connectivity index (χ0) is 12.7. The van der Waals surface area contributed by atoms with Crippen LogP contribution in [-0.4, -0.2) is 20.8 Å². The lowest BCUT2D eigenvalue weighted by Gasteiger charge is -2.04. The Bertz CT molecular complexity index is 431. The van der Waals surface area contributed by atoms with Gasteiger partial charge in [-0.05, 0) is 25.0 Å². The Kier molecular flexibility index (Phi) is 6.80. The normalized spacial score (nSPS) is 11.9. The van der Waals surface area contributed by atoms with Gasteiger partial charge in [0.05, 0.1) is 4.34 Å². The van der Waals surface area contributed by atoms with Crippen molar-refractivity contribution in [2.45, 2.75) is 29.9 Å². The number of unbranched alkanes of at least 4 members (excludes halogenated alkanes) is 3. The van der Waals surface area contributed by atoms with Crippen molar-refractivity contribution in [3.63, 3.8) is 0 Å². The van der Waals surface area contributed by atoms with Gasteiger partial charge in [-0.1, -0.05) is 24.4 Å². The molecule has 1 N–H and O–H groups in total. The van der Waals surface area contributed by atoms with Crippen LogP contribution >= 0.6 is 34.5 Å². The molecule has 17 heavy (non-hydrogen) atoms. The fourth-order valence-corrected chi connectivity index (χ4v) is 4.08. The van der Waals surface area contributed by atoms with Crippen molar-refractivity contribution in [1.29, 1.82) is 0 Å². The van der Waals surface area contributed by atoms with Crippen LogP contribution in [0.25, 0.3) is 0 Å². The predicted octanol–water partition coefficient (Wildman–Crippen LogP) is 3.48. The Morgan fingerprint density at radius 2 is 1.88 bits per heavy atom. The van der Waals surface area contributed by atoms with Crippen molar-refractivity contribution in [2.75, 3.05) is 12.4 Å². The first kappa shape index (κ1) is 15.2. The summed E-state index contributed by atoms with van der Waals surface area (Å²) in [5, 5.41) is 0. The van der Waals surface area contributed by atoms with E-state index in [1.54, 1.807) is 6.07 Å². The number of hydrogen-bond acceptors (Lipinski definition) is 3. The van der Waals surface area contributed by atoms with Crippen molar-refractivity contribution in [3.05, 3.63) is 16.5 Å². The number of nitrogens with one attached hydrogen (secondary N) is 1. The maximum atomic E-state index is 11.8. The van der Waals surface area contributed by atoms with Gasteiger partial charge < -0.3 is 0 Å². The van der Waals surface area contributed by atoms with Crippen molar-refractivity contribution in [3.8, 4) is 0 Å². The van der Waals surface area contributed by atoms with Gasteiger partial charge >= 0.3 is 0 Å². The molecule has 1 aromatic rings. The van der Waals surface area contributed by atoms with Crippen molar-refractivity contribution in [2.24, 2.45) is 0 Å². The molecular weight excluding hydrogens is 301 g/mol. The van der Waals surface area contributed by atoms with Gasteiger partial charge in [0.2, 0.25) is 10.0 Å². The molecule has 0 fully saturated rings. The van der Waals surface area contributed by atoms with Crippen LogP contribution in [0.5, 0.6) is 0 Å². The first-order chi connectivity index (χ1) is 8.06. The molecule has 1 aromatic heterocycles. The smallest absolute Gasteiger partial charge is 0.210 e. The summed E-state index contributed by atoms with van der Waals surface area (Å²) in [5.74, 6) is 0.666. The highest BCUT2D eigenvalue weighted by Crippen LogP contribution is 2.25. The van der Waals surface area contributed by atoms with E-state index in [9.17, 15) is 8.42 Å². The molecule has 0 aliphatic rings. The average Bonchev–Trinajstić information content (AvgIpc) is 2.71. The summed E-state index contributed by atoms with van der Waals surface area (Å²) >= 11 is 12.3. The fraction of sp³-hybridized carbons (Fsp3) is 0.600. The van der Waals surface area contributed by atoms with Crippen LogP contribution in [0, 0.1) is 0 Å². The van der Waals surface area contributed by atoms with Crippen LogP contribution in [0.4, 0.5) is 0 Å². The SMILES string of the molecule is O=S(=O)(NCCCCCCCl)c1ccc(Cl)s1. The standard InChI is InChI=1S/C10H15Cl2NO2S2/c11-7-3-1-2-4-8-13-17(14,15)10-6-5-9(12)16-10/h5-6,13H,1-4,7-8H2. The highest BCUT2D eigenvalue weighted by molar-refractivity contribution is 7.91. The Morgan fingerprint density at radius 3 is 2.47 bits per heavy atom. The second kappa shape index (κ2) is 7.59. The minimum atomic E-state index is -3.37. The number of thiophene rings is 1. The van der Waals surface area contributed by atoms with Gasteiger partial charge in [-0.25, -0.2) is 13.1 Å². The van der Waals surface area contributed by atoms with Crippen molar-refractivity contribution >= 4 is 44.6 Å². The van der Waals surface area contributed by atoms with Gasteiger partial charge in [0.15, 0.2) is 0 Å². The Morgan fingerprint density at radius 1 is 1.18 bits per heavy atom. The molecule has 1 rings (SSSR count). The molecule has 0 saturated heterocycles. The van der Waals surface area contributed by atoms with Gasteiger partial charge in [-0.2, -0.15) is 0 Å². The van der Waals surface area contributed by atoms with Crippen molar-refractivity contribution < 1.29 is 8.42 Å². The highest BCUT2D eigenvalue weighted by atomic mass is 35.5. The zero-order valence-electron chi connectivity index (χ0n) is 9.29. The molecular formula is C10H15Cl2NO2S2. The van der Waals surface area contributed by atoms with Crippen LogP contribution in [-0.2, 0) is 10.0 Å². The molecule has 0 amide bonds. The van der Waals surface area contributed by atoms with E-state index >= 15 is 0 Å². The van der Waals surface area contributed by atoms with E-state index in [-0.39, 0.29) is 4.21 Å². The Hall–Kier alpha value is 0.190. The molecule has 0 bridgehead atoms. The molecule has 0 saturated carbocycles. The van der Waals surface area contributed by atoms with Crippen molar-refractivity contribution in [1.82, 2.24) is 4.72 Å². The number of sulfonamides is 1. The van der Waals surface area contributed by atoms with Crippen LogP contribution in [0.2, 0.25) is 4.34 Å². The summed E-state index contributed by atoms with van der Waals surface area (Å²) in [7, 11) is -3.37. The summed E-state index contributed by atoms with van der Waals surface area (Å²) in [6.07, 6.45) is 3.83. The van der Waals surface area contributed by atoms with E-state index in [2.05, 4.69) is 4.72 Å². The quantitative estimate of drug-likeness (QED) is 0.589. The molecule has 0 aliphatic heterocycles. The first-order valence-corrected chi connectivity index (χ1v) is 8.58. The van der Waals surface area contributed by atoms with E-state index in [4.69, 9.17) is 23.2 Å². The molecule has 7 heteroatoms. The van der Waals surface area contributed by atoms with E-state index in [0.717, 1.165) is 37.0 Å². The Balaban J connectivity index is 2.31.